The maximum absolute atomic E-state index is 13.7. The van der Waals surface area contributed by atoms with E-state index >= 15 is 0 Å². The van der Waals surface area contributed by atoms with Gasteiger partial charge in [-0.15, -0.1) is 0 Å². The number of anilines is 1. The zero-order chi connectivity index (χ0) is 23.7. The lowest BCUT2D eigenvalue weighted by molar-refractivity contribution is -0.118. The molecular weight excluding hydrogens is 448 g/mol. The fourth-order valence-electron chi connectivity index (χ4n) is 5.61. The number of nitrogens with one attached hydrogen (secondary N) is 1. The molecule has 0 aromatic heterocycles. The summed E-state index contributed by atoms with van der Waals surface area (Å²) in [7, 11) is 0. The Morgan fingerprint density at radius 1 is 0.971 bits per heavy atom. The third-order valence-corrected chi connectivity index (χ3v) is 7.26. The molecule has 1 atom stereocenters. The van der Waals surface area contributed by atoms with Gasteiger partial charge in [-0.25, -0.2) is 0 Å². The number of nitriles is 1. The summed E-state index contributed by atoms with van der Waals surface area (Å²) in [5, 5.41) is 13.2. The van der Waals surface area contributed by atoms with E-state index in [1.165, 1.54) is 0 Å². The van der Waals surface area contributed by atoms with Gasteiger partial charge in [0.05, 0.1) is 18.8 Å². The number of nitrogens with two attached hydrogens (primary N) is 1. The van der Waals surface area contributed by atoms with Gasteiger partial charge < -0.3 is 34.9 Å². The van der Waals surface area contributed by atoms with Crippen molar-refractivity contribution < 1.29 is 23.7 Å². The first kappa shape index (κ1) is 20.1. The number of amides is 1. The molecule has 5 aliphatic heterocycles. The number of benzene rings is 2. The topological polar surface area (TPSA) is 119 Å². The molecule has 1 unspecified atom stereocenters. The van der Waals surface area contributed by atoms with Crippen LogP contribution < -0.4 is 30.0 Å². The average Bonchev–Trinajstić information content (AvgIpc) is 3.00. The van der Waals surface area contributed by atoms with Crippen LogP contribution in [0.25, 0.3) is 5.70 Å². The molecule has 5 heterocycles. The second kappa shape index (κ2) is 7.09. The average molecular weight is 470 g/mol. The number of ether oxygens (including phenoxy) is 4. The van der Waals surface area contributed by atoms with Crippen molar-refractivity contribution in [3.8, 4) is 29.1 Å². The van der Waals surface area contributed by atoms with Gasteiger partial charge in [-0.2, -0.15) is 5.26 Å². The minimum absolute atomic E-state index is 0.201. The lowest BCUT2D eigenvalue weighted by atomic mass is 9.71. The molecule has 0 saturated heterocycles. The molecule has 0 aliphatic carbocycles. The standard InChI is InChI=1S/C26H22N4O5/c27-13-17-24(28)30-3-2-14-8-20-21(33-5-1-4-32-20)9-15(14)19(30)12-26(17)16-10-22-23(35-7-6-34-22)11-18(16)29-25(26)31/h8-12H,1-7,28H2,(H,29,31). The van der Waals surface area contributed by atoms with Crippen molar-refractivity contribution in [2.45, 2.75) is 18.3 Å². The van der Waals surface area contributed by atoms with Crippen molar-refractivity contribution in [3.05, 3.63) is 58.4 Å². The van der Waals surface area contributed by atoms with Crippen molar-refractivity contribution in [2.24, 2.45) is 5.73 Å². The summed E-state index contributed by atoms with van der Waals surface area (Å²) in [5.41, 5.74) is 9.43. The molecule has 35 heavy (non-hydrogen) atoms. The van der Waals surface area contributed by atoms with Crippen LogP contribution in [-0.2, 0) is 16.6 Å². The Hall–Kier alpha value is -4.32. The molecule has 2 aromatic rings. The van der Waals surface area contributed by atoms with Gasteiger partial charge in [0.25, 0.3) is 0 Å². The number of hydrogen-bond donors (Lipinski definition) is 2. The fraction of sp³-hybridized carbons (Fsp3) is 0.308. The molecule has 176 valence electrons. The summed E-state index contributed by atoms with van der Waals surface area (Å²) >= 11 is 0. The minimum atomic E-state index is -1.38. The Kier molecular flexibility index (Phi) is 4.07. The summed E-state index contributed by atoms with van der Waals surface area (Å²) in [6.45, 7) is 2.62. The molecule has 0 bridgehead atoms. The molecule has 9 heteroatoms. The number of nitrogens with zero attached hydrogens (tertiary/aromatic N) is 2. The van der Waals surface area contributed by atoms with Crippen LogP contribution in [0.15, 0.2) is 41.7 Å². The largest absolute Gasteiger partial charge is 0.490 e. The highest BCUT2D eigenvalue weighted by atomic mass is 16.6. The van der Waals surface area contributed by atoms with Gasteiger partial charge in [0.1, 0.15) is 30.5 Å². The highest BCUT2D eigenvalue weighted by molar-refractivity contribution is 6.12. The molecule has 0 saturated carbocycles. The molecule has 0 fully saturated rings. The van der Waals surface area contributed by atoms with Gasteiger partial charge >= 0.3 is 0 Å². The molecule has 5 aliphatic rings. The predicted molar refractivity (Wildman–Crippen MR) is 125 cm³/mol. The van der Waals surface area contributed by atoms with Crippen LogP contribution in [-0.4, -0.2) is 43.8 Å². The van der Waals surface area contributed by atoms with Crippen LogP contribution in [0.3, 0.4) is 0 Å². The summed E-state index contributed by atoms with van der Waals surface area (Å²) in [5.74, 6) is 2.46. The first-order chi connectivity index (χ1) is 17.1. The van der Waals surface area contributed by atoms with Crippen LogP contribution >= 0.6 is 0 Å². The van der Waals surface area contributed by atoms with Crippen molar-refractivity contribution in [1.29, 1.82) is 5.26 Å². The third-order valence-electron chi connectivity index (χ3n) is 7.26. The number of carbonyl (C=O) groups excluding carboxylic acids is 1. The molecule has 3 N–H and O–H groups in total. The molecule has 2 aromatic carbocycles. The second-order valence-electron chi connectivity index (χ2n) is 9.11. The molecule has 1 amide bonds. The quantitative estimate of drug-likeness (QED) is 0.603. The third kappa shape index (κ3) is 2.65. The van der Waals surface area contributed by atoms with E-state index < -0.39 is 5.41 Å². The van der Waals surface area contributed by atoms with Gasteiger partial charge in [-0.05, 0) is 36.3 Å². The monoisotopic (exact) mass is 470 g/mol. The molecule has 7 rings (SSSR count). The molecule has 0 radical (unpaired) electrons. The van der Waals surface area contributed by atoms with Crippen LogP contribution in [0.4, 0.5) is 5.69 Å². The fourth-order valence-corrected chi connectivity index (χ4v) is 5.61. The van der Waals surface area contributed by atoms with E-state index in [1.54, 1.807) is 12.1 Å². The van der Waals surface area contributed by atoms with E-state index in [1.807, 2.05) is 23.1 Å². The maximum atomic E-state index is 13.7. The SMILES string of the molecule is N#CC1=C(N)N2CCc3cc4c(cc3C2=CC12C(=O)Nc1cc3c(cc12)OCCO3)OCCCO4. The summed E-state index contributed by atoms with van der Waals surface area (Å²) in [4.78, 5) is 15.6. The second-order valence-corrected chi connectivity index (χ2v) is 9.11. The Bertz CT molecular complexity index is 1420. The van der Waals surface area contributed by atoms with Gasteiger partial charge in [0.15, 0.2) is 23.0 Å². The molecule has 9 nitrogen and oxygen atoms in total. The Balaban J connectivity index is 1.46. The van der Waals surface area contributed by atoms with E-state index in [9.17, 15) is 10.1 Å². The normalized spacial score (nSPS) is 23.5. The van der Waals surface area contributed by atoms with E-state index in [0.717, 1.165) is 35.4 Å². The highest BCUT2D eigenvalue weighted by Gasteiger charge is 2.54. The number of hydrogen-bond acceptors (Lipinski definition) is 8. The number of fused-ring (bicyclic) bond motifs is 7. The highest BCUT2D eigenvalue weighted by Crippen LogP contribution is 2.53. The first-order valence-corrected chi connectivity index (χ1v) is 11.7. The van der Waals surface area contributed by atoms with Gasteiger partial charge in [-0.1, -0.05) is 0 Å². The van der Waals surface area contributed by atoms with Crippen molar-refractivity contribution in [2.75, 3.05) is 38.3 Å². The number of rotatable bonds is 0. The van der Waals surface area contributed by atoms with E-state index in [0.29, 0.717) is 61.5 Å². The Morgan fingerprint density at radius 2 is 1.66 bits per heavy atom. The van der Waals surface area contributed by atoms with Crippen LogP contribution in [0.5, 0.6) is 23.0 Å². The van der Waals surface area contributed by atoms with E-state index in [4.69, 9.17) is 24.7 Å². The van der Waals surface area contributed by atoms with Gasteiger partial charge in [0.2, 0.25) is 5.91 Å². The van der Waals surface area contributed by atoms with Crippen molar-refractivity contribution in [3.63, 3.8) is 0 Å². The van der Waals surface area contributed by atoms with Crippen LogP contribution in [0.1, 0.15) is 23.1 Å². The van der Waals surface area contributed by atoms with Gasteiger partial charge in [0, 0.05) is 41.5 Å². The minimum Gasteiger partial charge on any atom is -0.490 e. The van der Waals surface area contributed by atoms with E-state index in [-0.39, 0.29) is 17.3 Å². The van der Waals surface area contributed by atoms with Crippen molar-refractivity contribution in [1.82, 2.24) is 4.90 Å². The lowest BCUT2D eigenvalue weighted by Gasteiger charge is -2.41. The lowest BCUT2D eigenvalue weighted by Crippen LogP contribution is -2.45. The van der Waals surface area contributed by atoms with Crippen LogP contribution in [0, 0.1) is 11.3 Å². The molecular formula is C26H22N4O5. The Labute approximate surface area is 201 Å². The number of carbonyl (C=O) groups is 1. The maximum Gasteiger partial charge on any atom is 0.244 e. The van der Waals surface area contributed by atoms with E-state index in [2.05, 4.69) is 11.4 Å². The van der Waals surface area contributed by atoms with Crippen LogP contribution in [0.2, 0.25) is 0 Å². The summed E-state index contributed by atoms with van der Waals surface area (Å²) < 4.78 is 23.3. The summed E-state index contributed by atoms with van der Waals surface area (Å²) in [6, 6.07) is 9.77. The Morgan fingerprint density at radius 3 is 2.43 bits per heavy atom. The zero-order valence-electron chi connectivity index (χ0n) is 18.8. The van der Waals surface area contributed by atoms with Crippen molar-refractivity contribution >= 4 is 17.3 Å². The first-order valence-electron chi connectivity index (χ1n) is 11.7. The molecule has 1 spiro atoms. The van der Waals surface area contributed by atoms with Gasteiger partial charge in [-0.3, -0.25) is 4.79 Å². The smallest absolute Gasteiger partial charge is 0.244 e. The summed E-state index contributed by atoms with van der Waals surface area (Å²) in [6.07, 6.45) is 3.39. The predicted octanol–water partition coefficient (Wildman–Crippen LogP) is 2.42. The zero-order valence-corrected chi connectivity index (χ0v) is 18.8.